The van der Waals surface area contributed by atoms with E-state index in [1.807, 2.05) is 18.2 Å². The van der Waals surface area contributed by atoms with Gasteiger partial charge in [0.1, 0.15) is 5.69 Å². The van der Waals surface area contributed by atoms with E-state index in [0.29, 0.717) is 11.4 Å². The van der Waals surface area contributed by atoms with Crippen LogP contribution in [0.1, 0.15) is 0 Å². The van der Waals surface area contributed by atoms with E-state index in [4.69, 9.17) is 9.47 Å². The number of para-hydroxylation sites is 1. The molecule has 0 atom stereocenters. The lowest BCUT2D eigenvalue weighted by molar-refractivity contribution is -0.154. The predicted octanol–water partition coefficient (Wildman–Crippen LogP) is 4.36. The number of halogens is 4. The molecule has 0 radical (unpaired) electrons. The predicted molar refractivity (Wildman–Crippen MR) is 128 cm³/mol. The van der Waals surface area contributed by atoms with Crippen LogP contribution in [0.15, 0.2) is 84.0 Å². The number of hydrogen-bond acceptors (Lipinski definition) is 6. The van der Waals surface area contributed by atoms with E-state index < -0.39 is 24.0 Å². The van der Waals surface area contributed by atoms with Gasteiger partial charge < -0.3 is 9.47 Å². The zero-order chi connectivity index (χ0) is 26.9. The van der Waals surface area contributed by atoms with Crippen LogP contribution in [-0.4, -0.2) is 49.2 Å². The van der Waals surface area contributed by atoms with Crippen molar-refractivity contribution < 1.29 is 27.0 Å². The molecule has 0 saturated heterocycles. The van der Waals surface area contributed by atoms with Crippen molar-refractivity contribution >= 4 is 0 Å². The standard InChI is InChI=1S/C25H18F4N6O3/c1-37-21-14-33(32-23(24(21)36)20-9-11-30-34(20)16-5-3-2-4-6-16)19-8-7-17(13-18(19)26)35-22(10-12-31-35)38-15-25(27,28)29/h2-14H,15H2,1H3. The minimum Gasteiger partial charge on any atom is -0.491 e. The van der Waals surface area contributed by atoms with Crippen LogP contribution >= 0.6 is 0 Å². The number of methoxy groups -OCH3 is 1. The molecule has 5 aromatic rings. The van der Waals surface area contributed by atoms with Gasteiger partial charge in [0.2, 0.25) is 5.88 Å². The Morgan fingerprint density at radius 3 is 2.37 bits per heavy atom. The third kappa shape index (κ3) is 4.85. The number of ether oxygens (including phenoxy) is 2. The van der Waals surface area contributed by atoms with Crippen molar-refractivity contribution in [2.45, 2.75) is 6.18 Å². The highest BCUT2D eigenvalue weighted by Crippen LogP contribution is 2.25. The Morgan fingerprint density at radius 1 is 0.921 bits per heavy atom. The summed E-state index contributed by atoms with van der Waals surface area (Å²) in [5.74, 6) is -1.09. The van der Waals surface area contributed by atoms with Gasteiger partial charge in [-0.2, -0.15) is 28.5 Å². The van der Waals surface area contributed by atoms with Crippen molar-refractivity contribution in [2.75, 3.05) is 13.7 Å². The van der Waals surface area contributed by atoms with Crippen molar-refractivity contribution in [2.24, 2.45) is 0 Å². The summed E-state index contributed by atoms with van der Waals surface area (Å²) in [4.78, 5) is 13.1. The second-order valence-corrected chi connectivity index (χ2v) is 7.90. The fraction of sp³-hybridized carbons (Fsp3) is 0.120. The average Bonchev–Trinajstić information content (AvgIpc) is 3.58. The summed E-state index contributed by atoms with van der Waals surface area (Å²) in [5, 5.41) is 12.6. The van der Waals surface area contributed by atoms with Gasteiger partial charge in [-0.1, -0.05) is 18.2 Å². The first-order valence-electron chi connectivity index (χ1n) is 11.1. The summed E-state index contributed by atoms with van der Waals surface area (Å²) >= 11 is 0. The molecule has 5 rings (SSSR count). The van der Waals surface area contributed by atoms with E-state index in [9.17, 15) is 18.0 Å². The van der Waals surface area contributed by atoms with E-state index in [1.165, 1.54) is 48.6 Å². The van der Waals surface area contributed by atoms with E-state index >= 15 is 4.39 Å². The largest absolute Gasteiger partial charge is 0.491 e. The van der Waals surface area contributed by atoms with Crippen LogP contribution in [0.4, 0.5) is 17.6 Å². The maximum atomic E-state index is 15.3. The average molecular weight is 526 g/mol. The summed E-state index contributed by atoms with van der Waals surface area (Å²) < 4.78 is 66.7. The number of benzene rings is 2. The summed E-state index contributed by atoms with van der Waals surface area (Å²) in [7, 11) is 1.30. The van der Waals surface area contributed by atoms with Crippen molar-refractivity contribution in [3.63, 3.8) is 0 Å². The van der Waals surface area contributed by atoms with Gasteiger partial charge in [-0.05, 0) is 30.3 Å². The Labute approximate surface area is 212 Å². The fourth-order valence-electron chi connectivity index (χ4n) is 3.73. The molecular weight excluding hydrogens is 508 g/mol. The highest BCUT2D eigenvalue weighted by molar-refractivity contribution is 5.59. The van der Waals surface area contributed by atoms with Gasteiger partial charge in [0, 0.05) is 12.1 Å². The third-order valence-electron chi connectivity index (χ3n) is 5.41. The minimum atomic E-state index is -4.55. The summed E-state index contributed by atoms with van der Waals surface area (Å²) in [6.45, 7) is -1.53. The lowest BCUT2D eigenvalue weighted by Gasteiger charge is -2.14. The molecule has 2 aromatic carbocycles. The summed E-state index contributed by atoms with van der Waals surface area (Å²) in [6, 6.07) is 15.7. The number of alkyl halides is 3. The molecule has 0 aliphatic heterocycles. The van der Waals surface area contributed by atoms with Crippen molar-refractivity contribution in [1.82, 2.24) is 29.3 Å². The number of rotatable bonds is 7. The van der Waals surface area contributed by atoms with Gasteiger partial charge in [0.25, 0.3) is 5.43 Å². The highest BCUT2D eigenvalue weighted by atomic mass is 19.4. The molecule has 0 spiro atoms. The van der Waals surface area contributed by atoms with Crippen LogP contribution in [-0.2, 0) is 0 Å². The van der Waals surface area contributed by atoms with Gasteiger partial charge in [-0.15, -0.1) is 0 Å². The lowest BCUT2D eigenvalue weighted by atomic mass is 10.2. The highest BCUT2D eigenvalue weighted by Gasteiger charge is 2.29. The number of hydrogen-bond donors (Lipinski definition) is 0. The normalized spacial score (nSPS) is 11.5. The Kier molecular flexibility index (Phi) is 6.41. The molecule has 0 fully saturated rings. The second-order valence-electron chi connectivity index (χ2n) is 7.90. The minimum absolute atomic E-state index is 0.0379. The van der Waals surface area contributed by atoms with Gasteiger partial charge >= 0.3 is 6.18 Å². The second kappa shape index (κ2) is 9.84. The van der Waals surface area contributed by atoms with Crippen LogP contribution in [0.25, 0.3) is 28.5 Å². The number of nitrogens with zero attached hydrogens (tertiary/aromatic N) is 6. The van der Waals surface area contributed by atoms with Crippen LogP contribution in [0.5, 0.6) is 11.6 Å². The van der Waals surface area contributed by atoms with Crippen LogP contribution in [0, 0.1) is 5.82 Å². The molecule has 3 heterocycles. The monoisotopic (exact) mass is 526 g/mol. The van der Waals surface area contributed by atoms with Gasteiger partial charge in [0.05, 0.1) is 42.8 Å². The molecule has 13 heteroatoms. The van der Waals surface area contributed by atoms with Crippen LogP contribution in [0.2, 0.25) is 0 Å². The topological polar surface area (TPSA) is 89.0 Å². The Hall–Kier alpha value is -4.94. The van der Waals surface area contributed by atoms with Gasteiger partial charge in [0.15, 0.2) is 23.9 Å². The molecule has 0 saturated carbocycles. The molecule has 0 N–H and O–H groups in total. The van der Waals surface area contributed by atoms with Crippen molar-refractivity contribution in [1.29, 1.82) is 0 Å². The summed E-state index contributed by atoms with van der Waals surface area (Å²) in [6.07, 6.45) is -0.579. The molecule has 194 valence electrons. The molecule has 0 aliphatic carbocycles. The first kappa shape index (κ1) is 24.7. The fourth-order valence-corrected chi connectivity index (χ4v) is 3.73. The van der Waals surface area contributed by atoms with Crippen molar-refractivity contribution in [3.05, 3.63) is 95.3 Å². The smallest absolute Gasteiger partial charge is 0.422 e. The lowest BCUT2D eigenvalue weighted by Crippen LogP contribution is -2.20. The van der Waals surface area contributed by atoms with Gasteiger partial charge in [-0.25, -0.2) is 18.4 Å². The maximum absolute atomic E-state index is 15.3. The van der Waals surface area contributed by atoms with E-state index in [-0.39, 0.29) is 28.7 Å². The van der Waals surface area contributed by atoms with E-state index in [2.05, 4.69) is 15.3 Å². The third-order valence-corrected chi connectivity index (χ3v) is 5.41. The Bertz CT molecular complexity index is 1640. The molecule has 0 amide bonds. The zero-order valence-electron chi connectivity index (χ0n) is 19.6. The molecule has 0 bridgehead atoms. The maximum Gasteiger partial charge on any atom is 0.422 e. The summed E-state index contributed by atoms with van der Waals surface area (Å²) in [5.41, 5.74) is 0.536. The SMILES string of the molecule is COc1cn(-c2ccc(-n3nccc3OCC(F)(F)F)cc2F)nc(-c2ccnn2-c2ccccc2)c1=O. The molecule has 38 heavy (non-hydrogen) atoms. The number of aromatic nitrogens is 6. The quantitative estimate of drug-likeness (QED) is 0.293. The van der Waals surface area contributed by atoms with Crippen molar-refractivity contribution in [3.8, 4) is 40.1 Å². The molecule has 9 nitrogen and oxygen atoms in total. The molecule has 0 unspecified atom stereocenters. The zero-order valence-corrected chi connectivity index (χ0v) is 19.6. The molecule has 3 aromatic heterocycles. The Balaban J connectivity index is 1.55. The van der Waals surface area contributed by atoms with Crippen LogP contribution < -0.4 is 14.9 Å². The van der Waals surface area contributed by atoms with E-state index in [0.717, 1.165) is 15.4 Å². The molecule has 0 aliphatic rings. The molecular formula is C25H18F4N6O3. The Morgan fingerprint density at radius 2 is 1.66 bits per heavy atom. The first-order valence-corrected chi connectivity index (χ1v) is 11.1. The van der Waals surface area contributed by atoms with Gasteiger partial charge in [-0.3, -0.25) is 4.79 Å². The van der Waals surface area contributed by atoms with E-state index in [1.54, 1.807) is 18.2 Å². The van der Waals surface area contributed by atoms with Crippen LogP contribution in [0.3, 0.4) is 0 Å². The first-order chi connectivity index (χ1) is 18.2.